The molecule has 1 N–H and O–H groups in total. The van der Waals surface area contributed by atoms with Crippen LogP contribution in [-0.2, 0) is 0 Å². The zero-order chi connectivity index (χ0) is 11.4. The van der Waals surface area contributed by atoms with E-state index in [4.69, 9.17) is 5.11 Å². The highest BCUT2D eigenvalue weighted by atomic mass is 79.9. The number of β-amino-alcohol motifs (C(OH)–C–C–N with tert-alkyl or cyclic N) is 1. The highest BCUT2D eigenvalue weighted by Crippen LogP contribution is 2.19. The van der Waals surface area contributed by atoms with E-state index in [9.17, 15) is 0 Å². The van der Waals surface area contributed by atoms with Gasteiger partial charge < -0.3 is 10.0 Å². The van der Waals surface area contributed by atoms with Crippen LogP contribution in [0.3, 0.4) is 0 Å². The zero-order valence-electron chi connectivity index (χ0n) is 9.27. The quantitative estimate of drug-likeness (QED) is 0.913. The first kappa shape index (κ1) is 11.9. The molecule has 1 saturated heterocycles. The molecule has 1 fully saturated rings. The number of aliphatic hydroxyl groups excluding tert-OH is 1. The average molecular weight is 285 g/mol. The molecule has 1 aromatic rings. The topological polar surface area (TPSA) is 26.7 Å². The number of benzene rings is 1. The first-order chi connectivity index (χ1) is 7.79. The molecule has 0 atom stereocenters. The molecular weight excluding hydrogens is 268 g/mol. The number of anilines is 1. The minimum absolute atomic E-state index is 0.262. The lowest BCUT2D eigenvalue weighted by Crippen LogP contribution is -2.47. The maximum atomic E-state index is 8.87. The fraction of sp³-hybridized carbons (Fsp3) is 0.500. The van der Waals surface area contributed by atoms with Crippen LogP contribution in [0.15, 0.2) is 28.7 Å². The molecule has 0 aliphatic carbocycles. The number of piperazine rings is 1. The summed E-state index contributed by atoms with van der Waals surface area (Å²) in [5.41, 5.74) is 1.28. The van der Waals surface area contributed by atoms with Gasteiger partial charge in [0.2, 0.25) is 0 Å². The molecule has 0 aromatic heterocycles. The Labute approximate surface area is 105 Å². The third-order valence-corrected chi connectivity index (χ3v) is 3.51. The lowest BCUT2D eigenvalue weighted by Gasteiger charge is -2.35. The van der Waals surface area contributed by atoms with Crippen molar-refractivity contribution >= 4 is 21.6 Å². The van der Waals surface area contributed by atoms with Gasteiger partial charge in [0.15, 0.2) is 0 Å². The van der Waals surface area contributed by atoms with Crippen LogP contribution in [-0.4, -0.2) is 49.3 Å². The molecule has 0 spiro atoms. The lowest BCUT2D eigenvalue weighted by atomic mass is 10.2. The summed E-state index contributed by atoms with van der Waals surface area (Å²) in [6.45, 7) is 5.23. The maximum Gasteiger partial charge on any atom is 0.0558 e. The van der Waals surface area contributed by atoms with Gasteiger partial charge >= 0.3 is 0 Å². The Morgan fingerprint density at radius 1 is 1.06 bits per heavy atom. The summed E-state index contributed by atoms with van der Waals surface area (Å²) in [7, 11) is 0. The third kappa shape index (κ3) is 2.97. The molecule has 3 nitrogen and oxygen atoms in total. The monoisotopic (exact) mass is 284 g/mol. The van der Waals surface area contributed by atoms with Gasteiger partial charge in [-0.15, -0.1) is 0 Å². The van der Waals surface area contributed by atoms with E-state index in [0.29, 0.717) is 0 Å². The predicted molar refractivity (Wildman–Crippen MR) is 69.9 cm³/mol. The van der Waals surface area contributed by atoms with E-state index in [1.165, 1.54) is 5.69 Å². The summed E-state index contributed by atoms with van der Waals surface area (Å²) in [6, 6.07) is 8.45. The van der Waals surface area contributed by atoms with E-state index in [0.717, 1.165) is 37.2 Å². The summed E-state index contributed by atoms with van der Waals surface area (Å²) >= 11 is 3.45. The first-order valence-electron chi connectivity index (χ1n) is 5.63. The van der Waals surface area contributed by atoms with Crippen LogP contribution in [0, 0.1) is 0 Å². The minimum Gasteiger partial charge on any atom is -0.395 e. The van der Waals surface area contributed by atoms with Gasteiger partial charge in [-0.25, -0.2) is 0 Å². The predicted octanol–water partition coefficient (Wildman–Crippen LogP) is 1.56. The van der Waals surface area contributed by atoms with Gasteiger partial charge in [-0.1, -0.05) is 15.9 Å². The molecule has 1 heterocycles. The highest BCUT2D eigenvalue weighted by Gasteiger charge is 2.16. The van der Waals surface area contributed by atoms with Crippen molar-refractivity contribution in [3.63, 3.8) is 0 Å². The van der Waals surface area contributed by atoms with Gasteiger partial charge in [0.05, 0.1) is 6.61 Å². The molecule has 0 radical (unpaired) electrons. The molecule has 16 heavy (non-hydrogen) atoms. The Hall–Kier alpha value is -0.580. The second-order valence-corrected chi connectivity index (χ2v) is 4.94. The third-order valence-electron chi connectivity index (χ3n) is 2.98. The Balaban J connectivity index is 1.91. The Bertz CT molecular complexity index is 320. The van der Waals surface area contributed by atoms with E-state index in [-0.39, 0.29) is 6.61 Å². The van der Waals surface area contributed by atoms with E-state index in [1.807, 2.05) is 0 Å². The van der Waals surface area contributed by atoms with Crippen molar-refractivity contribution < 1.29 is 5.11 Å². The van der Waals surface area contributed by atoms with Gasteiger partial charge in [-0.05, 0) is 24.3 Å². The number of nitrogens with zero attached hydrogens (tertiary/aromatic N) is 2. The van der Waals surface area contributed by atoms with E-state index in [2.05, 4.69) is 50.0 Å². The second-order valence-electron chi connectivity index (χ2n) is 4.03. The smallest absolute Gasteiger partial charge is 0.0558 e. The molecule has 1 aliphatic heterocycles. The fourth-order valence-corrected chi connectivity index (χ4v) is 2.29. The van der Waals surface area contributed by atoms with Crippen molar-refractivity contribution in [1.29, 1.82) is 0 Å². The highest BCUT2D eigenvalue weighted by molar-refractivity contribution is 9.10. The normalized spacial score (nSPS) is 17.8. The molecule has 0 unspecified atom stereocenters. The standard InChI is InChI=1S/C12H17BrN2O/c13-11-1-3-12(4-2-11)15-7-5-14(6-8-15)9-10-16/h1-4,16H,5-10H2. The SMILES string of the molecule is OCCN1CCN(c2ccc(Br)cc2)CC1. The van der Waals surface area contributed by atoms with Crippen LogP contribution in [0.4, 0.5) is 5.69 Å². The molecule has 1 aliphatic rings. The molecule has 2 rings (SSSR count). The van der Waals surface area contributed by atoms with Crippen LogP contribution in [0.2, 0.25) is 0 Å². The summed E-state index contributed by atoms with van der Waals surface area (Å²) in [6.07, 6.45) is 0. The van der Waals surface area contributed by atoms with Crippen LogP contribution in [0.1, 0.15) is 0 Å². The first-order valence-corrected chi connectivity index (χ1v) is 6.42. The Kier molecular flexibility index (Phi) is 4.21. The largest absolute Gasteiger partial charge is 0.395 e. The van der Waals surface area contributed by atoms with Crippen molar-refractivity contribution in [3.8, 4) is 0 Å². The fourth-order valence-electron chi connectivity index (χ4n) is 2.02. The summed E-state index contributed by atoms with van der Waals surface area (Å²) in [5, 5.41) is 8.87. The number of hydrogen-bond acceptors (Lipinski definition) is 3. The number of hydrogen-bond donors (Lipinski definition) is 1. The molecule has 0 saturated carbocycles. The van der Waals surface area contributed by atoms with Crippen LogP contribution in [0.25, 0.3) is 0 Å². The molecule has 88 valence electrons. The van der Waals surface area contributed by atoms with Crippen LogP contribution in [0.5, 0.6) is 0 Å². The maximum absolute atomic E-state index is 8.87. The van der Waals surface area contributed by atoms with Gasteiger partial charge in [-0.3, -0.25) is 4.90 Å². The van der Waals surface area contributed by atoms with Crippen LogP contribution >= 0.6 is 15.9 Å². The van der Waals surface area contributed by atoms with E-state index in [1.54, 1.807) is 0 Å². The summed E-state index contributed by atoms with van der Waals surface area (Å²) in [4.78, 5) is 4.69. The van der Waals surface area contributed by atoms with Crippen molar-refractivity contribution in [2.75, 3.05) is 44.2 Å². The number of rotatable bonds is 3. The molecule has 0 bridgehead atoms. The van der Waals surface area contributed by atoms with Gasteiger partial charge in [0.1, 0.15) is 0 Å². The minimum atomic E-state index is 0.262. The van der Waals surface area contributed by atoms with Crippen molar-refractivity contribution in [1.82, 2.24) is 4.90 Å². The van der Waals surface area contributed by atoms with E-state index >= 15 is 0 Å². The molecule has 0 amide bonds. The molecule has 4 heteroatoms. The van der Waals surface area contributed by atoms with Gasteiger partial charge in [0, 0.05) is 42.9 Å². The van der Waals surface area contributed by atoms with Crippen molar-refractivity contribution in [2.45, 2.75) is 0 Å². The summed E-state index contributed by atoms with van der Waals surface area (Å²) < 4.78 is 1.12. The average Bonchev–Trinajstić information content (AvgIpc) is 2.32. The van der Waals surface area contributed by atoms with Gasteiger partial charge in [-0.2, -0.15) is 0 Å². The zero-order valence-corrected chi connectivity index (χ0v) is 10.9. The molecule has 1 aromatic carbocycles. The Morgan fingerprint density at radius 2 is 1.69 bits per heavy atom. The van der Waals surface area contributed by atoms with E-state index < -0.39 is 0 Å². The van der Waals surface area contributed by atoms with Crippen molar-refractivity contribution in [3.05, 3.63) is 28.7 Å². The lowest BCUT2D eigenvalue weighted by molar-refractivity contribution is 0.189. The number of halogens is 1. The molecular formula is C12H17BrN2O. The van der Waals surface area contributed by atoms with Crippen molar-refractivity contribution in [2.24, 2.45) is 0 Å². The second kappa shape index (κ2) is 5.66. The van der Waals surface area contributed by atoms with Gasteiger partial charge in [0.25, 0.3) is 0 Å². The number of aliphatic hydroxyl groups is 1. The van der Waals surface area contributed by atoms with Crippen LogP contribution < -0.4 is 4.90 Å². The Morgan fingerprint density at radius 3 is 2.25 bits per heavy atom. The summed E-state index contributed by atoms with van der Waals surface area (Å²) in [5.74, 6) is 0.